The molecule has 4 nitrogen and oxygen atoms in total. The van der Waals surface area contributed by atoms with Gasteiger partial charge < -0.3 is 14.5 Å². The number of carbonyl (C=O) groups is 1. The van der Waals surface area contributed by atoms with Gasteiger partial charge in [-0.05, 0) is 49.8 Å². The Kier molecular flexibility index (Phi) is 3.85. The second kappa shape index (κ2) is 5.25. The van der Waals surface area contributed by atoms with Crippen LogP contribution in [0.4, 0.5) is 5.69 Å². The summed E-state index contributed by atoms with van der Waals surface area (Å²) in [6, 6.07) is 5.92. The smallest absolute Gasteiger partial charge is 0.313 e. The summed E-state index contributed by atoms with van der Waals surface area (Å²) in [7, 11) is -0.200. The highest BCUT2D eigenvalue weighted by Gasteiger charge is 2.28. The minimum absolute atomic E-state index is 0.173. The van der Waals surface area contributed by atoms with Gasteiger partial charge in [-0.1, -0.05) is 0 Å². The number of nitrogens with one attached hydrogen (secondary N) is 1. The van der Waals surface area contributed by atoms with E-state index < -0.39 is 8.32 Å². The van der Waals surface area contributed by atoms with Crippen molar-refractivity contribution in [2.45, 2.75) is 32.0 Å². The van der Waals surface area contributed by atoms with Crippen molar-refractivity contribution in [2.24, 2.45) is 0 Å². The SMILES string of the molecule is COC(=O)C1CCNc2ccc(O[Si](C)(C)C)cc21. The van der Waals surface area contributed by atoms with Crippen LogP contribution in [0.1, 0.15) is 17.9 Å². The summed E-state index contributed by atoms with van der Waals surface area (Å²) in [5.41, 5.74) is 1.98. The number of methoxy groups -OCH3 is 1. The van der Waals surface area contributed by atoms with Crippen LogP contribution in [0, 0.1) is 0 Å². The van der Waals surface area contributed by atoms with E-state index in [1.807, 2.05) is 18.2 Å². The molecule has 1 aromatic rings. The zero-order chi connectivity index (χ0) is 14.0. The fraction of sp³-hybridized carbons (Fsp3) is 0.500. The molecule has 1 heterocycles. The predicted octanol–water partition coefficient (Wildman–Crippen LogP) is 2.97. The van der Waals surface area contributed by atoms with Crippen molar-refractivity contribution in [3.63, 3.8) is 0 Å². The summed E-state index contributed by atoms with van der Waals surface area (Å²) in [4.78, 5) is 11.8. The summed E-state index contributed by atoms with van der Waals surface area (Å²) < 4.78 is 10.9. The monoisotopic (exact) mass is 279 g/mol. The van der Waals surface area contributed by atoms with E-state index in [1.54, 1.807) is 0 Å². The van der Waals surface area contributed by atoms with Gasteiger partial charge in [0, 0.05) is 12.2 Å². The van der Waals surface area contributed by atoms with Crippen LogP contribution < -0.4 is 9.74 Å². The number of fused-ring (bicyclic) bond motifs is 1. The summed E-state index contributed by atoms with van der Waals surface area (Å²) in [5, 5.41) is 3.31. The van der Waals surface area contributed by atoms with E-state index in [9.17, 15) is 4.79 Å². The molecule has 2 rings (SSSR count). The largest absolute Gasteiger partial charge is 0.544 e. The maximum Gasteiger partial charge on any atom is 0.313 e. The number of carbonyl (C=O) groups excluding carboxylic acids is 1. The van der Waals surface area contributed by atoms with Gasteiger partial charge in [-0.15, -0.1) is 0 Å². The molecule has 0 radical (unpaired) electrons. The van der Waals surface area contributed by atoms with E-state index in [-0.39, 0.29) is 11.9 Å². The van der Waals surface area contributed by atoms with Crippen molar-refractivity contribution in [1.29, 1.82) is 0 Å². The fourth-order valence-corrected chi connectivity index (χ4v) is 3.13. The first kappa shape index (κ1) is 13.9. The van der Waals surface area contributed by atoms with Gasteiger partial charge in [0.2, 0.25) is 8.32 Å². The van der Waals surface area contributed by atoms with Crippen molar-refractivity contribution >= 4 is 20.0 Å². The van der Waals surface area contributed by atoms with Crippen LogP contribution in [-0.4, -0.2) is 27.9 Å². The summed E-state index contributed by atoms with van der Waals surface area (Å²) in [6.07, 6.45) is 0.760. The highest BCUT2D eigenvalue weighted by atomic mass is 28.4. The Bertz CT molecular complexity index is 482. The van der Waals surface area contributed by atoms with E-state index in [2.05, 4.69) is 25.0 Å². The molecule has 0 aromatic heterocycles. The van der Waals surface area contributed by atoms with Crippen LogP contribution in [0.15, 0.2) is 18.2 Å². The highest BCUT2D eigenvalue weighted by Crippen LogP contribution is 2.35. The number of anilines is 1. The van der Waals surface area contributed by atoms with Crippen molar-refractivity contribution < 1.29 is 14.0 Å². The zero-order valence-electron chi connectivity index (χ0n) is 11.9. The molecule has 0 spiro atoms. The molecule has 1 unspecified atom stereocenters. The van der Waals surface area contributed by atoms with Crippen LogP contribution >= 0.6 is 0 Å². The van der Waals surface area contributed by atoms with Crippen LogP contribution in [0.5, 0.6) is 5.75 Å². The minimum atomic E-state index is -1.64. The van der Waals surface area contributed by atoms with E-state index in [1.165, 1.54) is 7.11 Å². The van der Waals surface area contributed by atoms with Crippen molar-refractivity contribution in [1.82, 2.24) is 0 Å². The molecule has 19 heavy (non-hydrogen) atoms. The molecule has 1 N–H and O–H groups in total. The van der Waals surface area contributed by atoms with Gasteiger partial charge in [0.15, 0.2) is 0 Å². The lowest BCUT2D eigenvalue weighted by Crippen LogP contribution is -2.29. The normalized spacial score (nSPS) is 18.2. The molecule has 1 atom stereocenters. The first-order valence-corrected chi connectivity index (χ1v) is 9.96. The molecular formula is C14H21NO3Si. The number of benzene rings is 1. The van der Waals surface area contributed by atoms with E-state index >= 15 is 0 Å². The topological polar surface area (TPSA) is 47.6 Å². The molecular weight excluding hydrogens is 258 g/mol. The molecule has 0 aliphatic carbocycles. The third kappa shape index (κ3) is 3.29. The van der Waals surface area contributed by atoms with Gasteiger partial charge in [-0.2, -0.15) is 0 Å². The Labute approximate surface area is 115 Å². The van der Waals surface area contributed by atoms with Crippen molar-refractivity contribution in [3.8, 4) is 5.75 Å². The third-order valence-electron chi connectivity index (χ3n) is 3.06. The third-order valence-corrected chi connectivity index (χ3v) is 3.90. The lowest BCUT2D eigenvalue weighted by atomic mass is 9.91. The highest BCUT2D eigenvalue weighted by molar-refractivity contribution is 6.70. The second-order valence-electron chi connectivity index (χ2n) is 5.75. The number of hydrogen-bond acceptors (Lipinski definition) is 4. The van der Waals surface area contributed by atoms with Gasteiger partial charge in [0.25, 0.3) is 0 Å². The Hall–Kier alpha value is -1.49. The van der Waals surface area contributed by atoms with E-state index in [0.717, 1.165) is 30.0 Å². The Morgan fingerprint density at radius 3 is 2.74 bits per heavy atom. The quantitative estimate of drug-likeness (QED) is 0.682. The van der Waals surface area contributed by atoms with Gasteiger partial charge in [0.05, 0.1) is 13.0 Å². The average Bonchev–Trinajstić information content (AvgIpc) is 2.35. The summed E-state index contributed by atoms with van der Waals surface area (Å²) in [5.74, 6) is 0.481. The predicted molar refractivity (Wildman–Crippen MR) is 78.3 cm³/mol. The van der Waals surface area contributed by atoms with Crippen LogP contribution in [0.2, 0.25) is 19.6 Å². The molecule has 0 amide bonds. The summed E-state index contributed by atoms with van der Waals surface area (Å²) >= 11 is 0. The number of rotatable bonds is 3. The number of hydrogen-bond donors (Lipinski definition) is 1. The molecule has 0 saturated heterocycles. The van der Waals surface area contributed by atoms with Crippen LogP contribution in [0.25, 0.3) is 0 Å². The van der Waals surface area contributed by atoms with Gasteiger partial charge >= 0.3 is 5.97 Å². The standard InChI is InChI=1S/C14H21NO3Si/c1-17-14(16)11-7-8-15-13-6-5-10(9-12(11)13)18-19(2,3)4/h5-6,9,11,15H,7-8H2,1-4H3. The number of ether oxygens (including phenoxy) is 1. The molecule has 5 heteroatoms. The van der Waals surface area contributed by atoms with Crippen molar-refractivity contribution in [3.05, 3.63) is 23.8 Å². The van der Waals surface area contributed by atoms with Gasteiger partial charge in [-0.3, -0.25) is 4.79 Å². The fourth-order valence-electron chi connectivity index (χ4n) is 2.30. The molecule has 0 bridgehead atoms. The first-order chi connectivity index (χ1) is 8.90. The molecule has 1 aromatic carbocycles. The summed E-state index contributed by atoms with van der Waals surface area (Å²) in [6.45, 7) is 7.22. The second-order valence-corrected chi connectivity index (χ2v) is 10.2. The van der Waals surface area contributed by atoms with E-state index in [0.29, 0.717) is 0 Å². The Morgan fingerprint density at radius 2 is 2.11 bits per heavy atom. The maximum atomic E-state index is 11.8. The van der Waals surface area contributed by atoms with Crippen LogP contribution in [0.3, 0.4) is 0 Å². The maximum absolute atomic E-state index is 11.8. The Morgan fingerprint density at radius 1 is 1.37 bits per heavy atom. The Balaban J connectivity index is 2.32. The minimum Gasteiger partial charge on any atom is -0.544 e. The lowest BCUT2D eigenvalue weighted by Gasteiger charge is -2.27. The van der Waals surface area contributed by atoms with Gasteiger partial charge in [0.1, 0.15) is 5.75 Å². The number of esters is 1. The van der Waals surface area contributed by atoms with Crippen molar-refractivity contribution in [2.75, 3.05) is 19.0 Å². The molecule has 1 aliphatic heterocycles. The molecule has 0 fully saturated rings. The van der Waals surface area contributed by atoms with Crippen LogP contribution in [-0.2, 0) is 9.53 Å². The molecule has 104 valence electrons. The molecule has 0 saturated carbocycles. The lowest BCUT2D eigenvalue weighted by molar-refractivity contribution is -0.142. The average molecular weight is 279 g/mol. The first-order valence-electron chi connectivity index (χ1n) is 6.55. The zero-order valence-corrected chi connectivity index (χ0v) is 12.9. The molecule has 1 aliphatic rings. The van der Waals surface area contributed by atoms with E-state index in [4.69, 9.17) is 9.16 Å². The van der Waals surface area contributed by atoms with Gasteiger partial charge in [-0.25, -0.2) is 0 Å².